The van der Waals surface area contributed by atoms with Crippen LogP contribution in [0, 0.1) is 6.92 Å². The van der Waals surface area contributed by atoms with E-state index in [4.69, 9.17) is 14.5 Å². The van der Waals surface area contributed by atoms with Gasteiger partial charge in [0.15, 0.2) is 5.13 Å². The zero-order valence-electron chi connectivity index (χ0n) is 18.5. The van der Waals surface area contributed by atoms with Crippen LogP contribution in [0.5, 0.6) is 11.5 Å². The highest BCUT2D eigenvalue weighted by Crippen LogP contribution is 2.43. The van der Waals surface area contributed by atoms with E-state index in [0.717, 1.165) is 53.0 Å². The second kappa shape index (κ2) is 8.67. The molecule has 2 aromatic carbocycles. The first-order valence-corrected chi connectivity index (χ1v) is 11.6. The van der Waals surface area contributed by atoms with E-state index in [1.165, 1.54) is 16.1 Å². The summed E-state index contributed by atoms with van der Waals surface area (Å²) >= 11 is 1.74. The molecule has 32 heavy (non-hydrogen) atoms. The van der Waals surface area contributed by atoms with E-state index in [-0.39, 0.29) is 5.92 Å². The summed E-state index contributed by atoms with van der Waals surface area (Å²) in [7, 11) is 3.42. The fourth-order valence-corrected chi connectivity index (χ4v) is 5.46. The van der Waals surface area contributed by atoms with Crippen molar-refractivity contribution in [2.24, 2.45) is 0 Å². The maximum absolute atomic E-state index is 5.65. The normalized spacial score (nSPS) is 15.3. The van der Waals surface area contributed by atoms with E-state index >= 15 is 0 Å². The molecule has 0 spiro atoms. The molecule has 1 aliphatic carbocycles. The van der Waals surface area contributed by atoms with Crippen molar-refractivity contribution in [1.82, 2.24) is 14.5 Å². The number of benzene rings is 2. The molecule has 0 saturated heterocycles. The summed E-state index contributed by atoms with van der Waals surface area (Å²) in [6, 6.07) is 14.4. The van der Waals surface area contributed by atoms with Crippen LogP contribution in [-0.2, 0) is 6.42 Å². The summed E-state index contributed by atoms with van der Waals surface area (Å²) < 4.78 is 13.3. The SMILES string of the molecule is COc1ccccc1C1CCCc2sc(Nc3ccc(-n4cnc(C)c4)c(OC)c3)nc21. The number of para-hydroxylation sites is 1. The maximum Gasteiger partial charge on any atom is 0.187 e. The summed E-state index contributed by atoms with van der Waals surface area (Å²) in [6.45, 7) is 1.97. The van der Waals surface area contributed by atoms with Gasteiger partial charge in [0.2, 0.25) is 0 Å². The Morgan fingerprint density at radius 1 is 1.09 bits per heavy atom. The number of methoxy groups -OCH3 is 2. The van der Waals surface area contributed by atoms with Crippen LogP contribution in [0.15, 0.2) is 55.0 Å². The van der Waals surface area contributed by atoms with Crippen LogP contribution in [0.25, 0.3) is 5.69 Å². The van der Waals surface area contributed by atoms with Crippen LogP contribution in [-0.4, -0.2) is 28.8 Å². The molecule has 1 aliphatic rings. The standard InChI is InChI=1S/C25H26N4O2S/c1-16-14-29(15-26-16)20-12-11-17(13-22(20)31-3)27-25-28-24-19(8-6-10-23(24)32-25)18-7-4-5-9-21(18)30-2/h4-5,7,9,11-15,19H,6,8,10H2,1-3H3,(H,27,28). The van der Waals surface area contributed by atoms with Gasteiger partial charge in [-0.15, -0.1) is 11.3 Å². The number of thiazole rings is 1. The number of fused-ring (bicyclic) bond motifs is 1. The number of nitrogens with one attached hydrogen (secondary N) is 1. The van der Waals surface area contributed by atoms with Crippen LogP contribution in [0.4, 0.5) is 10.8 Å². The van der Waals surface area contributed by atoms with Crippen LogP contribution >= 0.6 is 11.3 Å². The van der Waals surface area contributed by atoms with Crippen molar-refractivity contribution in [2.45, 2.75) is 32.1 Å². The number of ether oxygens (including phenoxy) is 2. The van der Waals surface area contributed by atoms with Gasteiger partial charge in [-0.05, 0) is 44.4 Å². The zero-order valence-corrected chi connectivity index (χ0v) is 19.3. The number of nitrogens with zero attached hydrogens (tertiary/aromatic N) is 3. The van der Waals surface area contributed by atoms with Crippen LogP contribution in [0.3, 0.4) is 0 Å². The van der Waals surface area contributed by atoms with E-state index in [9.17, 15) is 0 Å². The van der Waals surface area contributed by atoms with Crippen molar-refractivity contribution in [2.75, 3.05) is 19.5 Å². The third-order valence-corrected chi connectivity index (χ3v) is 6.94. The number of hydrogen-bond acceptors (Lipinski definition) is 6. The molecular weight excluding hydrogens is 420 g/mol. The Morgan fingerprint density at radius 2 is 1.94 bits per heavy atom. The van der Waals surface area contributed by atoms with Crippen molar-refractivity contribution in [1.29, 1.82) is 0 Å². The Kier molecular flexibility index (Phi) is 5.57. The first-order valence-electron chi connectivity index (χ1n) is 10.7. The molecule has 1 N–H and O–H groups in total. The summed E-state index contributed by atoms with van der Waals surface area (Å²) in [5, 5.41) is 4.40. The van der Waals surface area contributed by atoms with Crippen LogP contribution in [0.1, 0.15) is 40.6 Å². The molecule has 4 aromatic rings. The summed E-state index contributed by atoms with van der Waals surface area (Å²) in [4.78, 5) is 10.7. The number of imidazole rings is 1. The lowest BCUT2D eigenvalue weighted by Gasteiger charge is -2.23. The van der Waals surface area contributed by atoms with Gasteiger partial charge in [0.05, 0.1) is 37.6 Å². The molecule has 0 aliphatic heterocycles. The Hall–Kier alpha value is -3.32. The zero-order chi connectivity index (χ0) is 22.1. The van der Waals surface area contributed by atoms with Crippen molar-refractivity contribution < 1.29 is 9.47 Å². The number of aromatic nitrogens is 3. The third-order valence-electron chi connectivity index (χ3n) is 5.89. The highest BCUT2D eigenvalue weighted by atomic mass is 32.1. The molecule has 5 rings (SSSR count). The molecule has 1 unspecified atom stereocenters. The number of hydrogen-bond donors (Lipinski definition) is 1. The smallest absolute Gasteiger partial charge is 0.187 e. The van der Waals surface area contributed by atoms with Crippen LogP contribution in [0.2, 0.25) is 0 Å². The average Bonchev–Trinajstić information content (AvgIpc) is 3.44. The van der Waals surface area contributed by atoms with E-state index in [0.29, 0.717) is 0 Å². The number of rotatable bonds is 6. The molecule has 2 heterocycles. The lowest BCUT2D eigenvalue weighted by molar-refractivity contribution is 0.405. The van der Waals surface area contributed by atoms with Crippen molar-refractivity contribution in [3.8, 4) is 17.2 Å². The molecule has 0 radical (unpaired) electrons. The van der Waals surface area contributed by atoms with E-state index in [1.807, 2.05) is 48.0 Å². The molecule has 7 heteroatoms. The van der Waals surface area contributed by atoms with Crippen molar-refractivity contribution in [3.63, 3.8) is 0 Å². The fraction of sp³-hybridized carbons (Fsp3) is 0.280. The first-order chi connectivity index (χ1) is 15.7. The Morgan fingerprint density at radius 3 is 2.72 bits per heavy atom. The average molecular weight is 447 g/mol. The lowest BCUT2D eigenvalue weighted by atomic mass is 9.85. The highest BCUT2D eigenvalue weighted by molar-refractivity contribution is 7.15. The molecule has 0 saturated carbocycles. The minimum atomic E-state index is 0.267. The van der Waals surface area contributed by atoms with Gasteiger partial charge in [0, 0.05) is 34.3 Å². The van der Waals surface area contributed by atoms with Gasteiger partial charge in [-0.25, -0.2) is 9.97 Å². The van der Waals surface area contributed by atoms with E-state index in [2.05, 4.69) is 22.4 Å². The van der Waals surface area contributed by atoms with Crippen molar-refractivity contribution in [3.05, 3.63) is 76.8 Å². The Balaban J connectivity index is 1.43. The molecule has 0 bridgehead atoms. The van der Waals surface area contributed by atoms with Gasteiger partial charge in [-0.3, -0.25) is 0 Å². The second-order valence-electron chi connectivity index (χ2n) is 7.95. The monoisotopic (exact) mass is 446 g/mol. The summed E-state index contributed by atoms with van der Waals surface area (Å²) in [5.41, 5.74) is 5.25. The van der Waals surface area contributed by atoms with Gasteiger partial charge >= 0.3 is 0 Å². The molecular formula is C25H26N4O2S. The molecule has 0 amide bonds. The quantitative estimate of drug-likeness (QED) is 0.402. The maximum atomic E-state index is 5.65. The fourth-order valence-electron chi connectivity index (χ4n) is 4.37. The van der Waals surface area contributed by atoms with Gasteiger partial charge in [-0.2, -0.15) is 0 Å². The minimum absolute atomic E-state index is 0.267. The van der Waals surface area contributed by atoms with Gasteiger partial charge < -0.3 is 19.4 Å². The predicted octanol–water partition coefficient (Wildman–Crippen LogP) is 5.87. The van der Waals surface area contributed by atoms with Crippen molar-refractivity contribution >= 4 is 22.2 Å². The predicted molar refractivity (Wildman–Crippen MR) is 128 cm³/mol. The van der Waals surface area contributed by atoms with Gasteiger partial charge in [0.25, 0.3) is 0 Å². The topological polar surface area (TPSA) is 61.2 Å². The molecule has 164 valence electrons. The molecule has 0 fully saturated rings. The number of anilines is 2. The minimum Gasteiger partial charge on any atom is -0.496 e. The van der Waals surface area contributed by atoms with Gasteiger partial charge in [0.1, 0.15) is 11.5 Å². The number of aryl methyl sites for hydroxylation is 2. The summed E-state index contributed by atoms with van der Waals surface area (Å²) in [6.07, 6.45) is 7.10. The second-order valence-corrected chi connectivity index (χ2v) is 9.03. The Labute approximate surface area is 191 Å². The third kappa shape index (κ3) is 3.84. The lowest BCUT2D eigenvalue weighted by Crippen LogP contribution is -2.11. The summed E-state index contributed by atoms with van der Waals surface area (Å²) in [5.74, 6) is 1.98. The molecule has 2 aromatic heterocycles. The Bertz CT molecular complexity index is 1250. The van der Waals surface area contributed by atoms with E-state index < -0.39 is 0 Å². The molecule has 6 nitrogen and oxygen atoms in total. The van der Waals surface area contributed by atoms with Crippen LogP contribution < -0.4 is 14.8 Å². The van der Waals surface area contributed by atoms with Gasteiger partial charge in [-0.1, -0.05) is 18.2 Å². The first kappa shape index (κ1) is 20.6. The largest absolute Gasteiger partial charge is 0.496 e. The highest BCUT2D eigenvalue weighted by Gasteiger charge is 2.28. The van der Waals surface area contributed by atoms with E-state index in [1.54, 1.807) is 31.9 Å². The molecule has 1 atom stereocenters.